The molecule has 0 atom stereocenters. The van der Waals surface area contributed by atoms with Gasteiger partial charge in [0.05, 0.1) is 13.2 Å². The lowest BCUT2D eigenvalue weighted by atomic mass is 10.3. The molecule has 0 fully saturated rings. The Morgan fingerprint density at radius 1 is 1.00 bits per heavy atom. The van der Waals surface area contributed by atoms with E-state index in [2.05, 4.69) is 22.5 Å². The first kappa shape index (κ1) is 22.0. The molecule has 0 bridgehead atoms. The van der Waals surface area contributed by atoms with E-state index >= 15 is 0 Å². The number of para-hydroxylation sites is 1. The van der Waals surface area contributed by atoms with E-state index in [1.54, 1.807) is 7.05 Å². The van der Waals surface area contributed by atoms with Crippen LogP contribution < -0.4 is 15.4 Å². The molecule has 0 aliphatic rings. The molecular weight excluding hydrogens is 405 g/mol. The smallest absolute Gasteiger partial charge is 0.191 e. The molecular formula is C17H30IN3O2. The monoisotopic (exact) mass is 435 g/mol. The summed E-state index contributed by atoms with van der Waals surface area (Å²) in [5.74, 6) is 1.72. The summed E-state index contributed by atoms with van der Waals surface area (Å²) >= 11 is 0. The Labute approximate surface area is 157 Å². The van der Waals surface area contributed by atoms with E-state index in [1.807, 2.05) is 30.3 Å². The number of nitrogens with one attached hydrogen (secondary N) is 2. The van der Waals surface area contributed by atoms with Gasteiger partial charge in [-0.2, -0.15) is 0 Å². The minimum Gasteiger partial charge on any atom is -0.494 e. The highest BCUT2D eigenvalue weighted by molar-refractivity contribution is 14.0. The molecule has 0 amide bonds. The lowest BCUT2D eigenvalue weighted by molar-refractivity contribution is 0.136. The highest BCUT2D eigenvalue weighted by Gasteiger charge is 1.97. The van der Waals surface area contributed by atoms with E-state index < -0.39 is 0 Å². The third-order valence-corrected chi connectivity index (χ3v) is 3.03. The quantitative estimate of drug-likeness (QED) is 0.243. The molecule has 0 spiro atoms. The van der Waals surface area contributed by atoms with Gasteiger partial charge in [-0.1, -0.05) is 31.5 Å². The first-order chi connectivity index (χ1) is 10.9. The number of aliphatic imine (C=N–C) groups is 1. The summed E-state index contributed by atoms with van der Waals surface area (Å²) in [6, 6.07) is 9.86. The van der Waals surface area contributed by atoms with Gasteiger partial charge in [0.25, 0.3) is 0 Å². The van der Waals surface area contributed by atoms with Crippen LogP contribution in [0.4, 0.5) is 0 Å². The molecule has 2 N–H and O–H groups in total. The van der Waals surface area contributed by atoms with Gasteiger partial charge in [0.2, 0.25) is 0 Å². The molecule has 6 heteroatoms. The van der Waals surface area contributed by atoms with E-state index in [-0.39, 0.29) is 24.0 Å². The molecule has 23 heavy (non-hydrogen) atoms. The van der Waals surface area contributed by atoms with E-state index in [0.29, 0.717) is 13.2 Å². The van der Waals surface area contributed by atoms with Gasteiger partial charge in [0, 0.05) is 26.7 Å². The predicted octanol–water partition coefficient (Wildman–Crippen LogP) is 3.06. The van der Waals surface area contributed by atoms with Crippen LogP contribution in [0.2, 0.25) is 0 Å². The molecule has 0 heterocycles. The van der Waals surface area contributed by atoms with Crippen molar-refractivity contribution in [3.8, 4) is 5.75 Å². The average molecular weight is 435 g/mol. The number of benzene rings is 1. The van der Waals surface area contributed by atoms with Gasteiger partial charge in [-0.05, 0) is 25.0 Å². The van der Waals surface area contributed by atoms with Crippen LogP contribution in [-0.2, 0) is 4.74 Å². The maximum absolute atomic E-state index is 5.64. The minimum atomic E-state index is 0. The molecule has 1 rings (SSSR count). The molecule has 0 aliphatic heterocycles. The second-order valence-corrected chi connectivity index (χ2v) is 4.91. The van der Waals surface area contributed by atoms with Crippen LogP contribution in [0.25, 0.3) is 0 Å². The van der Waals surface area contributed by atoms with Crippen LogP contribution in [0, 0.1) is 0 Å². The minimum absolute atomic E-state index is 0. The van der Waals surface area contributed by atoms with Crippen molar-refractivity contribution in [3.63, 3.8) is 0 Å². The number of halogens is 1. The van der Waals surface area contributed by atoms with Gasteiger partial charge in [0.1, 0.15) is 5.75 Å². The Hall–Kier alpha value is -1.02. The maximum atomic E-state index is 5.64. The summed E-state index contributed by atoms with van der Waals surface area (Å²) < 4.78 is 11.1. The highest BCUT2D eigenvalue weighted by Crippen LogP contribution is 2.07. The standard InChI is InChI=1S/C17H29N3O2.HI/c1-3-4-13-21-15-12-20-17(18-2)19-11-8-14-22-16-9-6-5-7-10-16;/h5-7,9-10H,3-4,8,11-15H2,1-2H3,(H2,18,19,20);1H. The maximum Gasteiger partial charge on any atom is 0.191 e. The molecule has 1 aromatic rings. The lowest BCUT2D eigenvalue weighted by Crippen LogP contribution is -2.39. The first-order valence-electron chi connectivity index (χ1n) is 8.07. The largest absolute Gasteiger partial charge is 0.494 e. The highest BCUT2D eigenvalue weighted by atomic mass is 127. The predicted molar refractivity (Wildman–Crippen MR) is 107 cm³/mol. The molecule has 0 aliphatic carbocycles. The normalized spacial score (nSPS) is 10.8. The van der Waals surface area contributed by atoms with Gasteiger partial charge < -0.3 is 20.1 Å². The number of guanidine groups is 1. The second kappa shape index (κ2) is 15.9. The van der Waals surface area contributed by atoms with Crippen molar-refractivity contribution in [2.24, 2.45) is 4.99 Å². The average Bonchev–Trinajstić information content (AvgIpc) is 2.56. The SMILES string of the molecule is CCCCOCCNC(=NC)NCCCOc1ccccc1.I. The molecule has 0 saturated carbocycles. The van der Waals surface area contributed by atoms with E-state index in [1.165, 1.54) is 6.42 Å². The number of hydrogen-bond acceptors (Lipinski definition) is 3. The van der Waals surface area contributed by atoms with Crippen LogP contribution >= 0.6 is 24.0 Å². The van der Waals surface area contributed by atoms with Gasteiger partial charge in [-0.25, -0.2) is 0 Å². The fourth-order valence-corrected chi connectivity index (χ4v) is 1.80. The van der Waals surface area contributed by atoms with Gasteiger partial charge in [0.15, 0.2) is 5.96 Å². The van der Waals surface area contributed by atoms with Gasteiger partial charge in [-0.3, -0.25) is 4.99 Å². The number of ether oxygens (including phenoxy) is 2. The van der Waals surface area contributed by atoms with Crippen molar-refractivity contribution in [2.75, 3.05) is 40.0 Å². The number of unbranched alkanes of at least 4 members (excludes halogenated alkanes) is 1. The Kier molecular flexibility index (Phi) is 15.2. The van der Waals surface area contributed by atoms with Gasteiger partial charge in [-0.15, -0.1) is 24.0 Å². The zero-order valence-electron chi connectivity index (χ0n) is 14.2. The van der Waals surface area contributed by atoms with E-state index in [9.17, 15) is 0 Å². The molecule has 5 nitrogen and oxygen atoms in total. The molecule has 0 aromatic heterocycles. The van der Waals surface area contributed by atoms with Crippen molar-refractivity contribution < 1.29 is 9.47 Å². The van der Waals surface area contributed by atoms with Crippen LogP contribution in [0.5, 0.6) is 5.75 Å². The Morgan fingerprint density at radius 2 is 1.74 bits per heavy atom. The number of rotatable bonds is 11. The van der Waals surface area contributed by atoms with Crippen molar-refractivity contribution in [1.29, 1.82) is 0 Å². The summed E-state index contributed by atoms with van der Waals surface area (Å²) in [7, 11) is 1.77. The summed E-state index contributed by atoms with van der Waals surface area (Å²) in [6.07, 6.45) is 3.21. The van der Waals surface area contributed by atoms with Crippen molar-refractivity contribution in [3.05, 3.63) is 30.3 Å². The third kappa shape index (κ3) is 12.1. The van der Waals surface area contributed by atoms with Crippen molar-refractivity contribution >= 4 is 29.9 Å². The summed E-state index contributed by atoms with van der Waals surface area (Å²) in [5, 5.41) is 6.49. The molecule has 0 radical (unpaired) electrons. The molecule has 1 aromatic carbocycles. The zero-order chi connectivity index (χ0) is 15.9. The Morgan fingerprint density at radius 3 is 2.43 bits per heavy atom. The topological polar surface area (TPSA) is 54.9 Å². The second-order valence-electron chi connectivity index (χ2n) is 4.91. The number of hydrogen-bond donors (Lipinski definition) is 2. The molecule has 132 valence electrons. The van der Waals surface area contributed by atoms with E-state index in [4.69, 9.17) is 9.47 Å². The first-order valence-corrected chi connectivity index (χ1v) is 8.07. The fraction of sp³-hybridized carbons (Fsp3) is 0.588. The van der Waals surface area contributed by atoms with E-state index in [0.717, 1.165) is 44.2 Å². The van der Waals surface area contributed by atoms with Crippen molar-refractivity contribution in [1.82, 2.24) is 10.6 Å². The van der Waals surface area contributed by atoms with Crippen molar-refractivity contribution in [2.45, 2.75) is 26.2 Å². The van der Waals surface area contributed by atoms with Crippen LogP contribution in [0.15, 0.2) is 35.3 Å². The lowest BCUT2D eigenvalue weighted by Gasteiger charge is -2.12. The Balaban J connectivity index is 0.00000484. The summed E-state index contributed by atoms with van der Waals surface area (Å²) in [4.78, 5) is 4.18. The van der Waals surface area contributed by atoms with Crippen LogP contribution in [-0.4, -0.2) is 45.9 Å². The van der Waals surface area contributed by atoms with Crippen LogP contribution in [0.1, 0.15) is 26.2 Å². The molecule has 0 unspecified atom stereocenters. The number of nitrogens with zero attached hydrogens (tertiary/aromatic N) is 1. The Bertz CT molecular complexity index is 402. The zero-order valence-corrected chi connectivity index (χ0v) is 16.5. The fourth-order valence-electron chi connectivity index (χ4n) is 1.80. The van der Waals surface area contributed by atoms with Crippen LogP contribution in [0.3, 0.4) is 0 Å². The summed E-state index contributed by atoms with van der Waals surface area (Å²) in [5.41, 5.74) is 0. The summed E-state index contributed by atoms with van der Waals surface area (Å²) in [6.45, 7) is 5.98. The molecule has 0 saturated heterocycles. The van der Waals surface area contributed by atoms with Gasteiger partial charge >= 0.3 is 0 Å². The third-order valence-electron chi connectivity index (χ3n) is 3.03.